The second-order valence-electron chi connectivity index (χ2n) is 7.93. The molecular formula is C22H33N3O3. The van der Waals surface area contributed by atoms with Gasteiger partial charge in [0.25, 0.3) is 5.91 Å². The summed E-state index contributed by atoms with van der Waals surface area (Å²) >= 11 is 0. The lowest BCUT2D eigenvalue weighted by Gasteiger charge is -2.36. The van der Waals surface area contributed by atoms with Crippen LogP contribution in [0.3, 0.4) is 0 Å². The van der Waals surface area contributed by atoms with Crippen LogP contribution in [-0.2, 0) is 9.59 Å². The zero-order valence-corrected chi connectivity index (χ0v) is 17.2. The highest BCUT2D eigenvalue weighted by Crippen LogP contribution is 2.23. The van der Waals surface area contributed by atoms with E-state index in [1.165, 1.54) is 0 Å². The van der Waals surface area contributed by atoms with E-state index in [4.69, 9.17) is 0 Å². The molecule has 0 unspecified atom stereocenters. The summed E-state index contributed by atoms with van der Waals surface area (Å²) in [5.74, 6) is 0.0913. The minimum atomic E-state index is -0.535. The Labute approximate surface area is 168 Å². The Kier molecular flexibility index (Phi) is 8.48. The van der Waals surface area contributed by atoms with E-state index in [-0.39, 0.29) is 29.6 Å². The number of piperidine rings is 1. The second kappa shape index (κ2) is 10.8. The number of amides is 3. The van der Waals surface area contributed by atoms with E-state index in [1.807, 2.05) is 56.0 Å². The molecule has 1 saturated heterocycles. The average molecular weight is 388 g/mol. The monoisotopic (exact) mass is 387 g/mol. The largest absolute Gasteiger partial charge is 0.354 e. The molecule has 1 heterocycles. The number of hydrogen-bond acceptors (Lipinski definition) is 3. The van der Waals surface area contributed by atoms with Gasteiger partial charge < -0.3 is 15.5 Å². The number of nitrogens with one attached hydrogen (secondary N) is 2. The zero-order chi connectivity index (χ0) is 20.5. The minimum absolute atomic E-state index is 0.0230. The van der Waals surface area contributed by atoms with Crippen LogP contribution in [0, 0.1) is 11.8 Å². The predicted octanol–water partition coefficient (Wildman–Crippen LogP) is 2.60. The molecule has 2 N–H and O–H groups in total. The summed E-state index contributed by atoms with van der Waals surface area (Å²) in [4.78, 5) is 39.4. The SMILES string of the molecule is CCCNC(=O)[C@H](NC(=O)CC(C)C)C1CCN(C(=O)c2ccccc2)CC1. The van der Waals surface area contributed by atoms with Crippen molar-refractivity contribution in [2.45, 2.75) is 52.5 Å². The van der Waals surface area contributed by atoms with E-state index >= 15 is 0 Å². The van der Waals surface area contributed by atoms with E-state index in [0.29, 0.717) is 44.5 Å². The molecule has 1 fully saturated rings. The highest BCUT2D eigenvalue weighted by atomic mass is 16.2. The highest BCUT2D eigenvalue weighted by molar-refractivity contribution is 5.94. The van der Waals surface area contributed by atoms with E-state index in [9.17, 15) is 14.4 Å². The summed E-state index contributed by atoms with van der Waals surface area (Å²) in [6.45, 7) is 7.76. The summed E-state index contributed by atoms with van der Waals surface area (Å²) in [7, 11) is 0. The predicted molar refractivity (Wildman–Crippen MR) is 110 cm³/mol. The number of carbonyl (C=O) groups excluding carboxylic acids is 3. The molecule has 1 aliphatic heterocycles. The lowest BCUT2D eigenvalue weighted by molar-refractivity contribution is -0.131. The number of nitrogens with zero attached hydrogens (tertiary/aromatic N) is 1. The Balaban J connectivity index is 1.99. The Bertz CT molecular complexity index is 652. The average Bonchev–Trinajstić information content (AvgIpc) is 2.70. The van der Waals surface area contributed by atoms with Crippen LogP contribution in [0.5, 0.6) is 0 Å². The van der Waals surface area contributed by atoms with Gasteiger partial charge in [-0.25, -0.2) is 0 Å². The summed E-state index contributed by atoms with van der Waals surface area (Å²) in [6, 6.07) is 8.72. The molecule has 3 amide bonds. The maximum atomic E-state index is 12.7. The lowest BCUT2D eigenvalue weighted by atomic mass is 9.88. The molecule has 154 valence electrons. The van der Waals surface area contributed by atoms with E-state index in [0.717, 1.165) is 6.42 Å². The Morgan fingerprint density at radius 3 is 2.32 bits per heavy atom. The van der Waals surface area contributed by atoms with Gasteiger partial charge in [0.1, 0.15) is 6.04 Å². The second-order valence-corrected chi connectivity index (χ2v) is 7.93. The van der Waals surface area contributed by atoms with Gasteiger partial charge in [-0.3, -0.25) is 14.4 Å². The Morgan fingerprint density at radius 1 is 1.11 bits per heavy atom. The first-order chi connectivity index (χ1) is 13.4. The number of rotatable bonds is 8. The molecule has 0 aliphatic carbocycles. The topological polar surface area (TPSA) is 78.5 Å². The molecule has 2 rings (SSSR count). The summed E-state index contributed by atoms with van der Waals surface area (Å²) in [5, 5.41) is 5.86. The molecule has 0 saturated carbocycles. The third kappa shape index (κ3) is 6.36. The van der Waals surface area contributed by atoms with E-state index < -0.39 is 6.04 Å². The van der Waals surface area contributed by atoms with Crippen LogP contribution in [0.15, 0.2) is 30.3 Å². The highest BCUT2D eigenvalue weighted by Gasteiger charge is 2.33. The molecule has 6 heteroatoms. The van der Waals surface area contributed by atoms with Crippen molar-refractivity contribution in [1.29, 1.82) is 0 Å². The molecular weight excluding hydrogens is 354 g/mol. The number of hydrogen-bond donors (Lipinski definition) is 2. The van der Waals surface area contributed by atoms with Crippen molar-refractivity contribution < 1.29 is 14.4 Å². The molecule has 1 aromatic carbocycles. The number of carbonyl (C=O) groups is 3. The van der Waals surface area contributed by atoms with Crippen molar-refractivity contribution in [3.63, 3.8) is 0 Å². The molecule has 1 aromatic rings. The minimum Gasteiger partial charge on any atom is -0.354 e. The van der Waals surface area contributed by atoms with Crippen molar-refractivity contribution in [1.82, 2.24) is 15.5 Å². The first-order valence-electron chi connectivity index (χ1n) is 10.3. The number of likely N-dealkylation sites (tertiary alicyclic amines) is 1. The van der Waals surface area contributed by atoms with Crippen molar-refractivity contribution in [3.8, 4) is 0 Å². The first-order valence-corrected chi connectivity index (χ1v) is 10.3. The smallest absolute Gasteiger partial charge is 0.253 e. The van der Waals surface area contributed by atoms with Gasteiger partial charge in [-0.05, 0) is 43.2 Å². The molecule has 1 aliphatic rings. The van der Waals surface area contributed by atoms with Gasteiger partial charge in [0.15, 0.2) is 0 Å². The zero-order valence-electron chi connectivity index (χ0n) is 17.2. The maximum absolute atomic E-state index is 12.7. The molecule has 0 bridgehead atoms. The van der Waals surface area contributed by atoms with Crippen LogP contribution in [0.1, 0.15) is 56.8 Å². The summed E-state index contributed by atoms with van der Waals surface area (Å²) < 4.78 is 0. The first kappa shape index (κ1) is 21.9. The summed E-state index contributed by atoms with van der Waals surface area (Å²) in [5.41, 5.74) is 0.684. The van der Waals surface area contributed by atoms with Crippen LogP contribution >= 0.6 is 0 Å². The van der Waals surface area contributed by atoms with Crippen LogP contribution in [0.4, 0.5) is 0 Å². The molecule has 0 radical (unpaired) electrons. The van der Waals surface area contributed by atoms with Gasteiger partial charge in [-0.2, -0.15) is 0 Å². The van der Waals surface area contributed by atoms with Crippen molar-refractivity contribution >= 4 is 17.7 Å². The lowest BCUT2D eigenvalue weighted by Crippen LogP contribution is -2.54. The van der Waals surface area contributed by atoms with Gasteiger partial charge in [0, 0.05) is 31.6 Å². The van der Waals surface area contributed by atoms with Crippen LogP contribution in [0.2, 0.25) is 0 Å². The molecule has 0 spiro atoms. The Morgan fingerprint density at radius 2 is 1.75 bits per heavy atom. The molecule has 1 atom stereocenters. The fourth-order valence-electron chi connectivity index (χ4n) is 3.56. The maximum Gasteiger partial charge on any atom is 0.253 e. The Hall–Kier alpha value is -2.37. The van der Waals surface area contributed by atoms with Gasteiger partial charge in [-0.15, -0.1) is 0 Å². The van der Waals surface area contributed by atoms with Crippen molar-refractivity contribution in [2.24, 2.45) is 11.8 Å². The van der Waals surface area contributed by atoms with Gasteiger partial charge >= 0.3 is 0 Å². The van der Waals surface area contributed by atoms with Gasteiger partial charge in [0.05, 0.1) is 0 Å². The summed E-state index contributed by atoms with van der Waals surface area (Å²) in [6.07, 6.45) is 2.65. The van der Waals surface area contributed by atoms with Crippen molar-refractivity contribution in [3.05, 3.63) is 35.9 Å². The van der Waals surface area contributed by atoms with E-state index in [2.05, 4.69) is 10.6 Å². The molecule has 28 heavy (non-hydrogen) atoms. The fourth-order valence-corrected chi connectivity index (χ4v) is 3.56. The fraction of sp³-hybridized carbons (Fsp3) is 0.591. The number of benzene rings is 1. The van der Waals surface area contributed by atoms with Crippen LogP contribution in [-0.4, -0.2) is 48.3 Å². The molecule has 6 nitrogen and oxygen atoms in total. The van der Waals surface area contributed by atoms with Gasteiger partial charge in [0.2, 0.25) is 11.8 Å². The van der Waals surface area contributed by atoms with E-state index in [1.54, 1.807) is 0 Å². The third-order valence-corrected chi connectivity index (χ3v) is 5.06. The molecule has 0 aromatic heterocycles. The van der Waals surface area contributed by atoms with Crippen molar-refractivity contribution in [2.75, 3.05) is 19.6 Å². The third-order valence-electron chi connectivity index (χ3n) is 5.06. The van der Waals surface area contributed by atoms with Crippen LogP contribution in [0.25, 0.3) is 0 Å². The standard InChI is InChI=1S/C22H33N3O3/c1-4-12-23-21(27)20(24-19(26)15-16(2)3)17-10-13-25(14-11-17)22(28)18-8-6-5-7-9-18/h5-9,16-17,20H,4,10-15H2,1-3H3,(H,23,27)(H,24,26)/t20-/m1/s1. The van der Waals surface area contributed by atoms with Crippen LogP contribution < -0.4 is 10.6 Å². The quantitative estimate of drug-likeness (QED) is 0.720. The van der Waals surface area contributed by atoms with Gasteiger partial charge in [-0.1, -0.05) is 39.0 Å². The normalized spacial score (nSPS) is 15.9.